The molecule has 1 heterocycles. The molecule has 31 heavy (non-hydrogen) atoms. The van der Waals surface area contributed by atoms with E-state index in [1.807, 2.05) is 0 Å². The van der Waals surface area contributed by atoms with Crippen LogP contribution < -0.4 is 11.5 Å². The van der Waals surface area contributed by atoms with E-state index in [0.717, 1.165) is 16.2 Å². The molecule has 13 heteroatoms. The van der Waals surface area contributed by atoms with Gasteiger partial charge >= 0.3 is 18.4 Å². The first-order valence-electron chi connectivity index (χ1n) is 8.81. The number of primary amides is 1. The second-order valence-electron chi connectivity index (χ2n) is 7.16. The molecule has 0 bridgehead atoms. The highest BCUT2D eigenvalue weighted by Gasteiger charge is 2.48. The fourth-order valence-corrected chi connectivity index (χ4v) is 4.33. The molecule has 4 N–H and O–H groups in total. The minimum absolute atomic E-state index is 0.00585. The van der Waals surface area contributed by atoms with Crippen LogP contribution in [0.25, 0.3) is 0 Å². The quantitative estimate of drug-likeness (QED) is 0.656. The van der Waals surface area contributed by atoms with Gasteiger partial charge in [0.25, 0.3) is 0 Å². The minimum Gasteiger partial charge on any atom is -0.375 e. The molecule has 1 saturated carbocycles. The minimum atomic E-state index is -5.04. The monoisotopic (exact) mass is 466 g/mol. The van der Waals surface area contributed by atoms with Crippen molar-refractivity contribution in [2.45, 2.75) is 43.7 Å². The first-order chi connectivity index (χ1) is 14.2. The Bertz CT molecular complexity index is 987. The van der Waals surface area contributed by atoms with Gasteiger partial charge in [0.15, 0.2) is 5.13 Å². The lowest BCUT2D eigenvalue weighted by Gasteiger charge is -2.39. The molecule has 0 spiro atoms. The third-order valence-electron chi connectivity index (χ3n) is 5.08. The largest absolute Gasteiger partial charge is 0.416 e. The molecule has 1 unspecified atom stereocenters. The van der Waals surface area contributed by atoms with Crippen LogP contribution in [-0.2, 0) is 29.2 Å². The van der Waals surface area contributed by atoms with E-state index in [4.69, 9.17) is 11.5 Å². The van der Waals surface area contributed by atoms with Crippen molar-refractivity contribution in [2.75, 3.05) is 5.73 Å². The number of carbonyl (C=O) groups excluding carboxylic acids is 2. The van der Waals surface area contributed by atoms with Crippen LogP contribution in [0.4, 0.5) is 36.3 Å². The molecule has 0 saturated heterocycles. The van der Waals surface area contributed by atoms with Crippen LogP contribution in [0, 0.1) is 0 Å². The number of halogens is 6. The summed E-state index contributed by atoms with van der Waals surface area (Å²) in [4.78, 5) is 29.3. The van der Waals surface area contributed by atoms with Crippen LogP contribution in [-0.4, -0.2) is 21.7 Å². The second kappa shape index (κ2) is 7.70. The number of benzene rings is 1. The molecule has 1 aliphatic carbocycles. The van der Waals surface area contributed by atoms with Crippen molar-refractivity contribution < 1.29 is 35.9 Å². The van der Waals surface area contributed by atoms with Gasteiger partial charge < -0.3 is 16.4 Å². The van der Waals surface area contributed by atoms with E-state index in [1.165, 1.54) is 5.38 Å². The van der Waals surface area contributed by atoms with E-state index in [9.17, 15) is 35.9 Å². The van der Waals surface area contributed by atoms with Crippen LogP contribution >= 0.6 is 11.3 Å². The van der Waals surface area contributed by atoms with Gasteiger partial charge in [-0.25, -0.2) is 9.78 Å². The van der Waals surface area contributed by atoms with Gasteiger partial charge in [0.05, 0.1) is 22.4 Å². The topological polar surface area (TPSA) is 102 Å². The molecule has 0 aliphatic heterocycles. The highest BCUT2D eigenvalue weighted by molar-refractivity contribution is 7.13. The Kier molecular flexibility index (Phi) is 5.67. The lowest BCUT2D eigenvalue weighted by Crippen LogP contribution is -2.50. The Morgan fingerprint density at radius 2 is 1.71 bits per heavy atom. The van der Waals surface area contributed by atoms with Crippen molar-refractivity contribution >= 4 is 28.3 Å². The molecule has 6 nitrogen and oxygen atoms in total. The SMILES string of the molecule is NC(=O)N(Cc1cc(C(F)(F)F)cc(C(F)(F)F)c1)C1(c2csc(N)n2)CCC(=O)C1. The van der Waals surface area contributed by atoms with Gasteiger partial charge in [0.2, 0.25) is 0 Å². The van der Waals surface area contributed by atoms with E-state index in [-0.39, 0.29) is 41.9 Å². The number of anilines is 1. The second-order valence-corrected chi connectivity index (χ2v) is 8.05. The number of amides is 2. The summed E-state index contributed by atoms with van der Waals surface area (Å²) < 4.78 is 79.1. The number of hydrogen-bond donors (Lipinski definition) is 2. The summed E-state index contributed by atoms with van der Waals surface area (Å²) in [6.07, 6.45) is -10.2. The number of alkyl halides is 6. The lowest BCUT2D eigenvalue weighted by molar-refractivity contribution is -0.143. The van der Waals surface area contributed by atoms with Gasteiger partial charge in [-0.05, 0) is 30.2 Å². The number of nitrogens with zero attached hydrogens (tertiary/aromatic N) is 2. The third kappa shape index (κ3) is 4.60. The van der Waals surface area contributed by atoms with Crippen molar-refractivity contribution in [3.63, 3.8) is 0 Å². The Morgan fingerprint density at radius 3 is 2.10 bits per heavy atom. The van der Waals surface area contributed by atoms with Crippen molar-refractivity contribution in [1.82, 2.24) is 9.88 Å². The first kappa shape index (κ1) is 22.8. The van der Waals surface area contributed by atoms with Gasteiger partial charge in [-0.1, -0.05) is 0 Å². The average Bonchev–Trinajstić information content (AvgIpc) is 3.24. The van der Waals surface area contributed by atoms with E-state index in [1.54, 1.807) is 0 Å². The maximum absolute atomic E-state index is 13.2. The van der Waals surface area contributed by atoms with Crippen molar-refractivity contribution in [3.05, 3.63) is 46.0 Å². The van der Waals surface area contributed by atoms with Crippen LogP contribution in [0.5, 0.6) is 0 Å². The molecular weight excluding hydrogens is 450 g/mol. The summed E-state index contributed by atoms with van der Waals surface area (Å²) in [6.45, 7) is -0.687. The zero-order chi connectivity index (χ0) is 23.2. The van der Waals surface area contributed by atoms with Gasteiger partial charge in [0, 0.05) is 24.8 Å². The summed E-state index contributed by atoms with van der Waals surface area (Å²) in [5.74, 6) is -0.252. The molecule has 1 aromatic heterocycles. The number of carbonyl (C=O) groups is 2. The van der Waals surface area contributed by atoms with Gasteiger partial charge in [-0.2, -0.15) is 26.3 Å². The highest BCUT2D eigenvalue weighted by atomic mass is 32.1. The molecule has 1 aliphatic rings. The summed E-state index contributed by atoms with van der Waals surface area (Å²) in [7, 11) is 0. The average molecular weight is 466 g/mol. The van der Waals surface area contributed by atoms with E-state index >= 15 is 0 Å². The Labute approximate surface area is 175 Å². The van der Waals surface area contributed by atoms with Crippen molar-refractivity contribution in [1.29, 1.82) is 0 Å². The van der Waals surface area contributed by atoms with Gasteiger partial charge in [-0.3, -0.25) is 4.79 Å². The van der Waals surface area contributed by atoms with Gasteiger partial charge in [0.1, 0.15) is 5.78 Å². The summed E-state index contributed by atoms with van der Waals surface area (Å²) >= 11 is 1.02. The molecule has 3 rings (SSSR count). The fraction of sp³-hybridized carbons (Fsp3) is 0.389. The molecule has 2 aromatic rings. The Balaban J connectivity index is 2.11. The fourth-order valence-electron chi connectivity index (χ4n) is 3.67. The number of thiazole rings is 1. The maximum Gasteiger partial charge on any atom is 0.416 e. The normalized spacial score (nSPS) is 19.6. The smallest absolute Gasteiger partial charge is 0.375 e. The van der Waals surface area contributed by atoms with Crippen LogP contribution in [0.3, 0.4) is 0 Å². The van der Waals surface area contributed by atoms with E-state index < -0.39 is 47.2 Å². The molecule has 1 aromatic carbocycles. The zero-order valence-corrected chi connectivity index (χ0v) is 16.5. The van der Waals surface area contributed by atoms with Crippen LogP contribution in [0.1, 0.15) is 41.6 Å². The van der Waals surface area contributed by atoms with E-state index in [0.29, 0.717) is 12.1 Å². The number of rotatable bonds is 4. The van der Waals surface area contributed by atoms with Crippen LogP contribution in [0.2, 0.25) is 0 Å². The van der Waals surface area contributed by atoms with Crippen molar-refractivity contribution in [3.8, 4) is 0 Å². The maximum atomic E-state index is 13.2. The first-order valence-corrected chi connectivity index (χ1v) is 9.69. The Hall–Kier alpha value is -2.83. The lowest BCUT2D eigenvalue weighted by atomic mass is 9.90. The third-order valence-corrected chi connectivity index (χ3v) is 5.75. The van der Waals surface area contributed by atoms with Gasteiger partial charge in [-0.15, -0.1) is 11.3 Å². The molecule has 1 fully saturated rings. The molecule has 2 amide bonds. The molecule has 1 atom stereocenters. The summed E-state index contributed by atoms with van der Waals surface area (Å²) in [6, 6.07) is -0.0863. The summed E-state index contributed by atoms with van der Waals surface area (Å²) in [5, 5.41) is 1.61. The number of Topliss-reactive ketones (excluding diaryl/α,β-unsaturated/α-hetero) is 1. The standard InChI is InChI=1S/C18H16F6N4O2S/c19-17(20,21)10-3-9(4-11(5-10)18(22,23)24)7-28(15(26)30)16(2-1-12(29)6-16)13-8-31-14(25)27-13/h3-5,8H,1-2,6-7H2,(H2,25,27)(H2,26,30). The number of ketones is 1. The number of aromatic nitrogens is 1. The van der Waals surface area contributed by atoms with Crippen LogP contribution in [0.15, 0.2) is 23.6 Å². The number of nitrogen functional groups attached to an aromatic ring is 1. The summed E-state index contributed by atoms with van der Waals surface area (Å²) in [5.41, 5.74) is 6.43. The predicted octanol–water partition coefficient (Wildman–Crippen LogP) is 4.29. The van der Waals surface area contributed by atoms with Crippen molar-refractivity contribution in [2.24, 2.45) is 5.73 Å². The Morgan fingerprint density at radius 1 is 1.13 bits per heavy atom. The number of nitrogens with two attached hydrogens (primary N) is 2. The zero-order valence-electron chi connectivity index (χ0n) is 15.7. The highest BCUT2D eigenvalue weighted by Crippen LogP contribution is 2.44. The predicted molar refractivity (Wildman–Crippen MR) is 98.6 cm³/mol. The number of urea groups is 1. The molecular formula is C18H16F6N4O2S. The molecule has 168 valence electrons. The number of hydrogen-bond acceptors (Lipinski definition) is 5. The van der Waals surface area contributed by atoms with E-state index in [2.05, 4.69) is 4.98 Å². The molecule has 0 radical (unpaired) electrons.